The number of rotatable bonds is 5. The van der Waals surface area contributed by atoms with Crippen LogP contribution >= 0.6 is 0 Å². The van der Waals surface area contributed by atoms with E-state index in [1.807, 2.05) is 54.6 Å². The van der Waals surface area contributed by atoms with Gasteiger partial charge in [-0.3, -0.25) is 10.8 Å². The number of benzene rings is 5. The molecule has 0 aliphatic rings. The van der Waals surface area contributed by atoms with E-state index in [0.717, 1.165) is 38.3 Å². The molecule has 6 aromatic rings. The van der Waals surface area contributed by atoms with Crippen LogP contribution in [0.2, 0.25) is 0 Å². The van der Waals surface area contributed by atoms with Gasteiger partial charge in [0.15, 0.2) is 0 Å². The van der Waals surface area contributed by atoms with Gasteiger partial charge in [0.2, 0.25) is 0 Å². The third-order valence-electron chi connectivity index (χ3n) is 6.42. The molecular weight excluding hydrogens is 446 g/mol. The average Bonchev–Trinajstić information content (AvgIpc) is 3.21. The summed E-state index contributed by atoms with van der Waals surface area (Å²) in [6.45, 7) is 0. The third-order valence-corrected chi connectivity index (χ3v) is 6.42. The Morgan fingerprint density at radius 3 is 2.14 bits per heavy atom. The van der Waals surface area contributed by atoms with Crippen LogP contribution in [0, 0.1) is 10.8 Å². The van der Waals surface area contributed by atoms with E-state index >= 15 is 0 Å². The van der Waals surface area contributed by atoms with Gasteiger partial charge in [0.25, 0.3) is 0 Å². The highest BCUT2D eigenvalue weighted by atomic mass is 16.5. The topological polar surface area (TPSA) is 114 Å². The Kier molecular flexibility index (Phi) is 4.93. The molecule has 5 aromatic carbocycles. The summed E-state index contributed by atoms with van der Waals surface area (Å²) in [6.07, 6.45) is 0. The van der Waals surface area contributed by atoms with Gasteiger partial charge >= 0.3 is 0 Å². The van der Waals surface area contributed by atoms with Gasteiger partial charge in [-0.05, 0) is 59.3 Å². The van der Waals surface area contributed by atoms with E-state index in [9.17, 15) is 0 Å². The van der Waals surface area contributed by atoms with E-state index in [1.54, 1.807) is 12.1 Å². The quantitative estimate of drug-likeness (QED) is 0.175. The minimum Gasteiger partial charge on any atom is -0.457 e. The minimum atomic E-state index is 0.000243. The van der Waals surface area contributed by atoms with E-state index in [0.29, 0.717) is 22.6 Å². The fraction of sp³-hybridized carbons (Fsp3) is 0. The van der Waals surface area contributed by atoms with Crippen molar-refractivity contribution in [3.8, 4) is 17.2 Å². The van der Waals surface area contributed by atoms with E-state index in [1.165, 1.54) is 0 Å². The summed E-state index contributed by atoms with van der Waals surface area (Å²) in [5, 5.41) is 19.9. The van der Waals surface area contributed by atoms with Crippen LogP contribution in [-0.4, -0.2) is 16.2 Å². The normalized spacial score (nSPS) is 11.2. The molecule has 0 atom stereocenters. The summed E-state index contributed by atoms with van der Waals surface area (Å²) in [7, 11) is 0. The van der Waals surface area contributed by atoms with Gasteiger partial charge in [-0.2, -0.15) is 0 Å². The Morgan fingerprint density at radius 1 is 0.583 bits per heavy atom. The molecule has 0 unspecified atom stereocenters. The highest BCUT2D eigenvalue weighted by Crippen LogP contribution is 2.36. The molecule has 6 rings (SSSR count). The lowest BCUT2D eigenvalue weighted by Crippen LogP contribution is -2.10. The second kappa shape index (κ2) is 8.29. The zero-order valence-electron chi connectivity index (χ0n) is 19.3. The van der Waals surface area contributed by atoms with Crippen molar-refractivity contribution in [3.05, 3.63) is 114 Å². The van der Waals surface area contributed by atoms with Crippen LogP contribution in [0.1, 0.15) is 11.1 Å². The summed E-state index contributed by atoms with van der Waals surface area (Å²) in [4.78, 5) is 0. The second-order valence-corrected chi connectivity index (χ2v) is 8.73. The van der Waals surface area contributed by atoms with Crippen LogP contribution in [0.15, 0.2) is 103 Å². The van der Waals surface area contributed by atoms with Crippen molar-refractivity contribution >= 4 is 44.2 Å². The van der Waals surface area contributed by atoms with Gasteiger partial charge in [-0.1, -0.05) is 48.5 Å². The molecule has 0 radical (unpaired) electrons. The predicted molar refractivity (Wildman–Crippen MR) is 147 cm³/mol. The second-order valence-electron chi connectivity index (χ2n) is 8.73. The molecule has 174 valence electrons. The first kappa shape index (κ1) is 21.4. The number of amidine groups is 2. The van der Waals surface area contributed by atoms with Gasteiger partial charge in [0.05, 0.1) is 11.0 Å². The standard InChI is InChI=1S/C30H23N5O/c31-29(32)19-4-3-5-23(16-19)36-24-12-13-26-25-6-1-2-7-27(25)35(28(26)17-24)22-11-10-18-8-9-20(30(33)34)14-21(18)15-22/h1-17H,(H3,31,32)(H3,33,34). The number of ether oxygens (including phenoxy) is 1. The fourth-order valence-corrected chi connectivity index (χ4v) is 4.70. The number of para-hydroxylation sites is 1. The van der Waals surface area contributed by atoms with Crippen LogP contribution in [0.3, 0.4) is 0 Å². The third kappa shape index (κ3) is 3.61. The van der Waals surface area contributed by atoms with E-state index in [2.05, 4.69) is 41.0 Å². The smallest absolute Gasteiger partial charge is 0.129 e. The summed E-state index contributed by atoms with van der Waals surface area (Å²) in [5.41, 5.74) is 15.8. The lowest BCUT2D eigenvalue weighted by atomic mass is 10.1. The molecule has 6 heteroatoms. The molecule has 36 heavy (non-hydrogen) atoms. The zero-order valence-corrected chi connectivity index (χ0v) is 19.3. The highest BCUT2D eigenvalue weighted by Gasteiger charge is 2.14. The molecule has 0 spiro atoms. The van der Waals surface area contributed by atoms with E-state index in [-0.39, 0.29) is 11.7 Å². The fourth-order valence-electron chi connectivity index (χ4n) is 4.70. The number of fused-ring (bicyclic) bond motifs is 4. The first-order valence-electron chi connectivity index (χ1n) is 11.5. The van der Waals surface area contributed by atoms with Crippen molar-refractivity contribution in [3.63, 3.8) is 0 Å². The van der Waals surface area contributed by atoms with Gasteiger partial charge in [0.1, 0.15) is 23.2 Å². The molecule has 0 amide bonds. The van der Waals surface area contributed by atoms with Crippen LogP contribution in [0.5, 0.6) is 11.5 Å². The minimum absolute atomic E-state index is 0.000243. The Hall–Kier alpha value is -5.10. The van der Waals surface area contributed by atoms with Crippen molar-refractivity contribution in [1.82, 2.24) is 4.57 Å². The Bertz CT molecular complexity index is 1830. The first-order valence-corrected chi connectivity index (χ1v) is 11.5. The van der Waals surface area contributed by atoms with Crippen molar-refractivity contribution in [2.45, 2.75) is 0 Å². The lowest BCUT2D eigenvalue weighted by molar-refractivity contribution is 0.483. The zero-order chi connectivity index (χ0) is 24.8. The monoisotopic (exact) mass is 469 g/mol. The average molecular weight is 470 g/mol. The molecule has 6 N–H and O–H groups in total. The maximum Gasteiger partial charge on any atom is 0.129 e. The number of aromatic nitrogens is 1. The number of nitrogens with one attached hydrogen (secondary N) is 2. The van der Waals surface area contributed by atoms with Crippen molar-refractivity contribution < 1.29 is 4.74 Å². The van der Waals surface area contributed by atoms with Gasteiger partial charge in [-0.15, -0.1) is 0 Å². The number of nitrogens with zero attached hydrogens (tertiary/aromatic N) is 1. The largest absolute Gasteiger partial charge is 0.457 e. The van der Waals surface area contributed by atoms with Crippen LogP contribution in [0.4, 0.5) is 0 Å². The van der Waals surface area contributed by atoms with Gasteiger partial charge in [-0.25, -0.2) is 0 Å². The van der Waals surface area contributed by atoms with Crippen molar-refractivity contribution in [2.24, 2.45) is 11.5 Å². The van der Waals surface area contributed by atoms with Crippen LogP contribution in [0.25, 0.3) is 38.3 Å². The molecule has 1 aromatic heterocycles. The maximum absolute atomic E-state index is 7.81. The Morgan fingerprint density at radius 2 is 1.31 bits per heavy atom. The first-order chi connectivity index (χ1) is 17.5. The molecular formula is C30H23N5O. The number of nitrogen functional groups attached to an aromatic ring is 2. The summed E-state index contributed by atoms with van der Waals surface area (Å²) >= 11 is 0. The van der Waals surface area contributed by atoms with Crippen LogP contribution < -0.4 is 16.2 Å². The molecule has 0 aliphatic heterocycles. The maximum atomic E-state index is 7.81. The summed E-state index contributed by atoms with van der Waals surface area (Å²) < 4.78 is 8.40. The van der Waals surface area contributed by atoms with Crippen LogP contribution in [-0.2, 0) is 0 Å². The summed E-state index contributed by atoms with van der Waals surface area (Å²) in [6, 6.07) is 33.7. The number of hydrogen-bond donors (Lipinski definition) is 4. The highest BCUT2D eigenvalue weighted by molar-refractivity contribution is 6.10. The van der Waals surface area contributed by atoms with Crippen molar-refractivity contribution in [2.75, 3.05) is 0 Å². The van der Waals surface area contributed by atoms with Crippen molar-refractivity contribution in [1.29, 1.82) is 10.8 Å². The molecule has 0 saturated carbocycles. The van der Waals surface area contributed by atoms with Gasteiger partial charge in [0, 0.05) is 33.7 Å². The Labute approximate surface area is 207 Å². The van der Waals surface area contributed by atoms with E-state index in [4.69, 9.17) is 27.0 Å². The predicted octanol–water partition coefficient (Wildman–Crippen LogP) is 6.30. The number of hydrogen-bond acceptors (Lipinski definition) is 3. The molecule has 0 aliphatic carbocycles. The Balaban J connectivity index is 1.53. The lowest BCUT2D eigenvalue weighted by Gasteiger charge is -2.11. The van der Waals surface area contributed by atoms with E-state index < -0.39 is 0 Å². The number of nitrogens with two attached hydrogens (primary N) is 2. The molecule has 0 saturated heterocycles. The molecule has 6 nitrogen and oxygen atoms in total. The SMILES string of the molecule is N=C(N)c1cccc(Oc2ccc3c4ccccc4n(-c4ccc5ccc(C(=N)N)cc5c4)c3c2)c1. The van der Waals surface area contributed by atoms with Gasteiger partial charge < -0.3 is 20.8 Å². The molecule has 0 bridgehead atoms. The molecule has 1 heterocycles. The molecule has 0 fully saturated rings. The summed E-state index contributed by atoms with van der Waals surface area (Å²) in [5.74, 6) is 1.36.